The normalized spacial score (nSPS) is 15.9. The summed E-state index contributed by atoms with van der Waals surface area (Å²) in [5.41, 5.74) is 8.77. The van der Waals surface area contributed by atoms with E-state index >= 15 is 0 Å². The number of fused-ring (bicyclic) bond motifs is 1. The van der Waals surface area contributed by atoms with Crippen molar-refractivity contribution < 1.29 is 14.6 Å². The van der Waals surface area contributed by atoms with Crippen molar-refractivity contribution >= 4 is 60.7 Å². The molecule has 13 heteroatoms. The third kappa shape index (κ3) is 4.97. The Labute approximate surface area is 236 Å². The van der Waals surface area contributed by atoms with E-state index in [9.17, 15) is 13.2 Å². The molecule has 6 rings (SSSR count). The maximum Gasteiger partial charge on any atom is 0.249 e. The molecule has 1 atom stereocenters. The molecule has 1 fully saturated rings. The van der Waals surface area contributed by atoms with Gasteiger partial charge in [0.2, 0.25) is 21.9 Å². The second kappa shape index (κ2) is 10.3. The van der Waals surface area contributed by atoms with Crippen LogP contribution in [-0.4, -0.2) is 54.3 Å². The third-order valence-corrected chi connectivity index (χ3v) is 8.75. The zero-order valence-corrected chi connectivity index (χ0v) is 22.8. The van der Waals surface area contributed by atoms with Crippen molar-refractivity contribution in [3.8, 4) is 11.1 Å². The quantitative estimate of drug-likeness (QED) is 0.238. The minimum Gasteiger partial charge on any atom is -0.382 e. The van der Waals surface area contributed by atoms with Crippen LogP contribution < -0.4 is 26.0 Å². The van der Waals surface area contributed by atoms with Gasteiger partial charge < -0.3 is 25.8 Å². The highest BCUT2D eigenvalue weighted by Crippen LogP contribution is 2.31. The van der Waals surface area contributed by atoms with E-state index in [4.69, 9.17) is 10.9 Å². The highest BCUT2D eigenvalue weighted by molar-refractivity contribution is 7.89. The maximum atomic E-state index is 13.7. The maximum absolute atomic E-state index is 13.7. The summed E-state index contributed by atoms with van der Waals surface area (Å²) < 4.78 is 29.3. The smallest absolute Gasteiger partial charge is 0.249 e. The number of sulfonamides is 1. The molecule has 3 heterocycles. The van der Waals surface area contributed by atoms with Gasteiger partial charge in [-0.2, -0.15) is 4.37 Å². The van der Waals surface area contributed by atoms with Crippen molar-refractivity contribution in [2.75, 3.05) is 40.5 Å². The summed E-state index contributed by atoms with van der Waals surface area (Å²) in [6, 6.07) is 19.0. The van der Waals surface area contributed by atoms with Crippen LogP contribution in [0.4, 0.5) is 23.1 Å². The largest absolute Gasteiger partial charge is 0.382 e. The SMILES string of the molecule is Nc1nsc2ccc(N3CCN(c4ncc[nH]4)C(C(=O)Nc4ccc(-c5ccccc5S(N)(=O)=O)cc4)C3)cc12.[2HH]. The van der Waals surface area contributed by atoms with E-state index in [0.717, 1.165) is 15.8 Å². The second-order valence-electron chi connectivity index (χ2n) is 9.42. The molecule has 5 aromatic rings. The first-order valence-corrected chi connectivity index (χ1v) is 14.8. The standard InChI is InChI=1S/C27H26N8O3S2.H2/c28-25-21-15-19(9-10-23(21)39-33-25)34-13-14-35(27-30-11-12-31-27)22(16-34)26(36)32-18-7-5-17(6-8-18)20-3-1-2-4-24(20)40(29,37)38;/h1-12,15,22H,13-14,16H2,(H2,28,33)(H,30,31)(H,32,36)(H2,29,37,38);1H/i;1+1. The molecular formula is C27H28N8O3S2. The molecule has 40 heavy (non-hydrogen) atoms. The topological polar surface area (TPSA) is 163 Å². The van der Waals surface area contributed by atoms with E-state index in [1.807, 2.05) is 23.1 Å². The lowest BCUT2D eigenvalue weighted by atomic mass is 10.1. The number of carbonyl (C=O) groups excluding carboxylic acids is 1. The van der Waals surface area contributed by atoms with Crippen LogP contribution in [0.25, 0.3) is 21.2 Å². The van der Waals surface area contributed by atoms with Crippen LogP contribution in [-0.2, 0) is 14.8 Å². The number of imidazole rings is 1. The molecule has 3 aromatic carbocycles. The van der Waals surface area contributed by atoms with Gasteiger partial charge in [0.25, 0.3) is 0 Å². The van der Waals surface area contributed by atoms with E-state index in [-0.39, 0.29) is 12.2 Å². The van der Waals surface area contributed by atoms with E-state index in [0.29, 0.717) is 48.2 Å². The lowest BCUT2D eigenvalue weighted by Gasteiger charge is -2.41. The minimum absolute atomic E-state index is 0. The summed E-state index contributed by atoms with van der Waals surface area (Å²) in [5.74, 6) is 0.925. The predicted molar refractivity (Wildman–Crippen MR) is 160 cm³/mol. The number of hydrogen-bond acceptors (Lipinski definition) is 9. The molecule has 206 valence electrons. The van der Waals surface area contributed by atoms with Crippen LogP contribution >= 0.6 is 11.5 Å². The number of primary sulfonamides is 1. The van der Waals surface area contributed by atoms with Crippen molar-refractivity contribution in [2.45, 2.75) is 10.9 Å². The number of nitrogens with two attached hydrogens (primary N) is 2. The van der Waals surface area contributed by atoms with Crippen LogP contribution in [0, 0.1) is 0 Å². The molecule has 0 spiro atoms. The van der Waals surface area contributed by atoms with Crippen molar-refractivity contribution in [3.63, 3.8) is 0 Å². The van der Waals surface area contributed by atoms with E-state index in [2.05, 4.69) is 24.6 Å². The predicted octanol–water partition coefficient (Wildman–Crippen LogP) is 3.50. The first kappa shape index (κ1) is 25.8. The number of carbonyl (C=O) groups is 1. The fourth-order valence-corrected chi connectivity index (χ4v) is 6.41. The zero-order chi connectivity index (χ0) is 27.9. The molecule has 1 saturated heterocycles. The minimum atomic E-state index is -3.89. The number of H-pyrrole nitrogens is 1. The number of aromatic amines is 1. The molecule has 1 unspecified atom stereocenters. The van der Waals surface area contributed by atoms with Crippen molar-refractivity contribution in [3.05, 3.63) is 79.1 Å². The summed E-state index contributed by atoms with van der Waals surface area (Å²) in [6.45, 7) is 1.69. The Balaban J connectivity index is 0.00000337. The lowest BCUT2D eigenvalue weighted by Crippen LogP contribution is -2.58. The Morgan fingerprint density at radius 1 is 1.10 bits per heavy atom. The number of benzene rings is 3. The number of amides is 1. The van der Waals surface area contributed by atoms with Crippen molar-refractivity contribution in [2.24, 2.45) is 5.14 Å². The lowest BCUT2D eigenvalue weighted by molar-refractivity contribution is -0.117. The van der Waals surface area contributed by atoms with E-state index < -0.39 is 16.1 Å². The average molecular weight is 578 g/mol. The molecule has 0 aliphatic carbocycles. The van der Waals surface area contributed by atoms with Gasteiger partial charge in [0.05, 0.1) is 9.60 Å². The fourth-order valence-electron chi connectivity index (χ4n) is 4.96. The monoisotopic (exact) mass is 577 g/mol. The number of nitrogens with zero attached hydrogens (tertiary/aromatic N) is 4. The van der Waals surface area contributed by atoms with E-state index in [1.54, 1.807) is 54.9 Å². The molecule has 0 radical (unpaired) electrons. The average Bonchev–Trinajstić information content (AvgIpc) is 3.63. The molecule has 1 amide bonds. The first-order chi connectivity index (χ1) is 19.3. The van der Waals surface area contributed by atoms with Crippen LogP contribution in [0.15, 0.2) is 84.0 Å². The van der Waals surface area contributed by atoms with Gasteiger partial charge in [-0.1, -0.05) is 30.3 Å². The number of piperazine rings is 1. The van der Waals surface area contributed by atoms with Crippen molar-refractivity contribution in [1.82, 2.24) is 14.3 Å². The molecule has 11 nitrogen and oxygen atoms in total. The summed E-state index contributed by atoms with van der Waals surface area (Å²) in [4.78, 5) is 25.3. The Kier molecular flexibility index (Phi) is 6.62. The second-order valence-corrected chi connectivity index (χ2v) is 11.8. The Bertz CT molecular complexity index is 1790. The van der Waals surface area contributed by atoms with Gasteiger partial charge >= 0.3 is 0 Å². The number of nitrogens with one attached hydrogen (secondary N) is 2. The molecular weight excluding hydrogens is 548 g/mol. The van der Waals surface area contributed by atoms with Gasteiger partial charge in [0.15, 0.2) is 0 Å². The van der Waals surface area contributed by atoms with Gasteiger partial charge in [-0.25, -0.2) is 18.5 Å². The van der Waals surface area contributed by atoms with E-state index in [1.165, 1.54) is 17.6 Å². The number of rotatable bonds is 6. The number of hydrogen-bond donors (Lipinski definition) is 4. The van der Waals surface area contributed by atoms with Crippen LogP contribution in [0.2, 0.25) is 0 Å². The van der Waals surface area contributed by atoms with Crippen molar-refractivity contribution in [1.29, 1.82) is 0 Å². The molecule has 2 aromatic heterocycles. The molecule has 6 N–H and O–H groups in total. The Morgan fingerprint density at radius 2 is 1.90 bits per heavy atom. The first-order valence-electron chi connectivity index (χ1n) is 12.5. The number of aromatic nitrogens is 3. The highest BCUT2D eigenvalue weighted by Gasteiger charge is 2.34. The van der Waals surface area contributed by atoms with Gasteiger partial charge in [-0.05, 0) is 53.5 Å². The molecule has 0 saturated carbocycles. The number of anilines is 4. The molecule has 1 aliphatic rings. The van der Waals surface area contributed by atoms with Gasteiger partial charge in [0.1, 0.15) is 11.9 Å². The zero-order valence-electron chi connectivity index (χ0n) is 21.2. The Hall–Kier alpha value is -4.46. The fraction of sp³-hybridized carbons (Fsp3) is 0.148. The van der Waals surface area contributed by atoms with Gasteiger partial charge in [0, 0.05) is 55.8 Å². The van der Waals surface area contributed by atoms with Gasteiger partial charge in [-0.15, -0.1) is 0 Å². The Morgan fingerprint density at radius 3 is 2.65 bits per heavy atom. The third-order valence-electron chi connectivity index (χ3n) is 6.94. The van der Waals surface area contributed by atoms with Crippen LogP contribution in [0.5, 0.6) is 0 Å². The molecule has 0 bridgehead atoms. The summed E-state index contributed by atoms with van der Waals surface area (Å²) in [5, 5.41) is 9.32. The molecule has 1 aliphatic heterocycles. The number of nitrogen functional groups attached to an aromatic ring is 1. The van der Waals surface area contributed by atoms with Gasteiger partial charge in [-0.3, -0.25) is 4.79 Å². The highest BCUT2D eigenvalue weighted by atomic mass is 32.2. The summed E-state index contributed by atoms with van der Waals surface area (Å²) in [7, 11) is -3.89. The summed E-state index contributed by atoms with van der Waals surface area (Å²) >= 11 is 1.36. The van der Waals surface area contributed by atoms with Crippen LogP contribution in [0.3, 0.4) is 0 Å². The summed E-state index contributed by atoms with van der Waals surface area (Å²) in [6.07, 6.45) is 3.39. The van der Waals surface area contributed by atoms with Crippen LogP contribution in [0.1, 0.15) is 1.43 Å².